The summed E-state index contributed by atoms with van der Waals surface area (Å²) in [6.45, 7) is 27.9. The number of nitrogens with zero attached hydrogens (tertiary/aromatic N) is 3. The highest BCUT2D eigenvalue weighted by molar-refractivity contribution is 5.73. The number of fused-ring (bicyclic) bond motifs is 3. The highest BCUT2D eigenvalue weighted by Gasteiger charge is 2.72. The highest BCUT2D eigenvalue weighted by Crippen LogP contribution is 2.75. The predicted molar refractivity (Wildman–Crippen MR) is 204 cm³/mol. The second-order valence-electron chi connectivity index (χ2n) is 21.2. The fraction of sp³-hybridized carbons (Fsp3) is 0.884. The molecule has 0 amide bonds. The fourth-order valence-electron chi connectivity index (χ4n) is 13.3. The van der Waals surface area contributed by atoms with E-state index < -0.39 is 17.4 Å². The van der Waals surface area contributed by atoms with Crippen molar-refractivity contribution in [3.63, 3.8) is 0 Å². The van der Waals surface area contributed by atoms with Crippen LogP contribution in [0.25, 0.3) is 0 Å². The number of carboxylic acid groups (broad SMARTS) is 1. The Balaban J connectivity index is 1.33. The van der Waals surface area contributed by atoms with Crippen molar-refractivity contribution in [3.05, 3.63) is 23.8 Å². The number of hydrogen-bond donors (Lipinski definition) is 3. The van der Waals surface area contributed by atoms with Crippen LogP contribution in [0.15, 0.2) is 18.0 Å². The molecule has 4 aliphatic carbocycles. The molecule has 9 nitrogen and oxygen atoms in total. The highest BCUT2D eigenvalue weighted by atomic mass is 16.5. The summed E-state index contributed by atoms with van der Waals surface area (Å²) in [6.07, 6.45) is 12.2. The molecule has 0 radical (unpaired) electrons. The first kappa shape index (κ1) is 38.5. The average Bonchev–Trinajstić information content (AvgIpc) is 3.76. The molecule has 3 heterocycles. The van der Waals surface area contributed by atoms with Crippen molar-refractivity contribution in [2.24, 2.45) is 67.8 Å². The number of carbonyl (C=O) groups is 1. The molecule has 2 unspecified atom stereocenters. The van der Waals surface area contributed by atoms with Crippen molar-refractivity contribution in [2.45, 2.75) is 151 Å². The Morgan fingerprint density at radius 2 is 1.83 bits per heavy atom. The van der Waals surface area contributed by atoms with Crippen LogP contribution in [0.5, 0.6) is 0 Å². The second kappa shape index (κ2) is 12.6. The third kappa shape index (κ3) is 5.31. The van der Waals surface area contributed by atoms with Gasteiger partial charge in [-0.25, -0.2) is 9.67 Å². The van der Waals surface area contributed by atoms with E-state index in [9.17, 15) is 9.90 Å². The van der Waals surface area contributed by atoms with Gasteiger partial charge in [0.1, 0.15) is 12.2 Å². The van der Waals surface area contributed by atoms with Crippen LogP contribution in [-0.2, 0) is 14.3 Å². The van der Waals surface area contributed by atoms with Crippen molar-refractivity contribution in [1.82, 2.24) is 20.1 Å². The maximum Gasteiger partial charge on any atom is 0.307 e. The van der Waals surface area contributed by atoms with Gasteiger partial charge in [-0.05, 0) is 110 Å². The van der Waals surface area contributed by atoms with Gasteiger partial charge in [0, 0.05) is 16.4 Å². The Morgan fingerprint density at radius 3 is 2.46 bits per heavy atom. The molecule has 2 saturated heterocycles. The summed E-state index contributed by atoms with van der Waals surface area (Å²) >= 11 is 0. The molecule has 0 spiro atoms. The van der Waals surface area contributed by atoms with Crippen molar-refractivity contribution < 1.29 is 19.4 Å². The van der Waals surface area contributed by atoms with E-state index >= 15 is 0 Å². The third-order valence-corrected chi connectivity index (χ3v) is 17.7. The van der Waals surface area contributed by atoms with Gasteiger partial charge < -0.3 is 25.6 Å². The second-order valence-corrected chi connectivity index (χ2v) is 21.2. The Hall–Kier alpha value is -1.81. The number of carboxylic acids is 1. The molecule has 52 heavy (non-hydrogen) atoms. The summed E-state index contributed by atoms with van der Waals surface area (Å²) in [5.41, 5.74) is 6.71. The number of nitrogens with two attached hydrogens (primary N) is 1. The van der Waals surface area contributed by atoms with Gasteiger partial charge in [0.2, 0.25) is 0 Å². The molecule has 4 N–H and O–H groups in total. The zero-order chi connectivity index (χ0) is 37.9. The minimum atomic E-state index is -0.611. The van der Waals surface area contributed by atoms with Gasteiger partial charge in [0.05, 0.1) is 43.9 Å². The first-order valence-electron chi connectivity index (χ1n) is 20.7. The number of rotatable bonds is 8. The van der Waals surface area contributed by atoms with Crippen LogP contribution in [0.3, 0.4) is 0 Å². The normalized spacial score (nSPS) is 45.0. The summed E-state index contributed by atoms with van der Waals surface area (Å²) in [5.74, 6) is 1.44. The van der Waals surface area contributed by atoms with Gasteiger partial charge in [-0.2, -0.15) is 5.10 Å². The third-order valence-electron chi connectivity index (χ3n) is 17.7. The average molecular weight is 722 g/mol. The lowest BCUT2D eigenvalue weighted by molar-refractivity contribution is -0.253. The molecule has 0 aromatic carbocycles. The number of hydrogen-bond acceptors (Lipinski definition) is 7. The molecular formula is C43H71N5O4. The van der Waals surface area contributed by atoms with Crippen LogP contribution in [0, 0.1) is 62.1 Å². The standard InChI is InChI=1S/C43H71N5O4/c1-26(2)27(3)38(7)18-19-40(9)28-14-15-32-39(8)22-51-24-43(32,29(28)16-17-41(40,10)33(38)36(49)50)21-31(34(39)52-23-42(11,44)37(4,5)6)48-35(46-25-47-48)30-13-12-20-45-30/h16,25-28,30-34,45H,12-15,17-24,44H2,1-11H3,(H,49,50)/t27-,28+,30+,31-,32+,33?,34+,38-,39-,40-,41?,42+,43+/m1/s1. The maximum absolute atomic E-state index is 13.6. The van der Waals surface area contributed by atoms with Crippen LogP contribution in [0.2, 0.25) is 0 Å². The van der Waals surface area contributed by atoms with Crippen molar-refractivity contribution >= 4 is 5.97 Å². The number of ether oxygens (including phenoxy) is 2. The topological polar surface area (TPSA) is 125 Å². The summed E-state index contributed by atoms with van der Waals surface area (Å²) in [4.78, 5) is 18.5. The molecule has 7 rings (SSSR count). The summed E-state index contributed by atoms with van der Waals surface area (Å²) in [7, 11) is 0. The lowest BCUT2D eigenvalue weighted by atomic mass is 9.34. The van der Waals surface area contributed by atoms with Crippen LogP contribution < -0.4 is 11.1 Å². The number of nitrogens with one attached hydrogen (secondary N) is 1. The van der Waals surface area contributed by atoms with Gasteiger partial charge in [-0.15, -0.1) is 0 Å². The molecule has 6 aliphatic rings. The largest absolute Gasteiger partial charge is 0.481 e. The summed E-state index contributed by atoms with van der Waals surface area (Å²) < 4.78 is 16.3. The molecule has 3 saturated carbocycles. The van der Waals surface area contributed by atoms with Crippen molar-refractivity contribution in [1.29, 1.82) is 0 Å². The van der Waals surface area contributed by atoms with Crippen LogP contribution in [0.4, 0.5) is 0 Å². The van der Waals surface area contributed by atoms with E-state index in [1.807, 2.05) is 0 Å². The molecule has 292 valence electrons. The maximum atomic E-state index is 13.6. The van der Waals surface area contributed by atoms with Crippen LogP contribution in [0.1, 0.15) is 145 Å². The Bertz CT molecular complexity index is 1560. The van der Waals surface area contributed by atoms with Crippen molar-refractivity contribution in [2.75, 3.05) is 26.4 Å². The molecular weight excluding hydrogens is 651 g/mol. The van der Waals surface area contributed by atoms with Crippen LogP contribution >= 0.6 is 0 Å². The minimum Gasteiger partial charge on any atom is -0.481 e. The Kier molecular flexibility index (Phi) is 9.33. The molecule has 2 aliphatic heterocycles. The quantitative estimate of drug-likeness (QED) is 0.231. The number of allylic oxidation sites excluding steroid dienone is 1. The first-order chi connectivity index (χ1) is 24.2. The summed E-state index contributed by atoms with van der Waals surface area (Å²) in [6, 6.07) is 0.150. The Labute approximate surface area is 314 Å². The van der Waals surface area contributed by atoms with E-state index in [0.717, 1.165) is 63.7 Å². The lowest BCUT2D eigenvalue weighted by Crippen LogP contribution is -2.69. The number of aromatic nitrogens is 3. The SMILES string of the molecule is CC(C)[C@@H](C)[C@@]1(C)CC[C@]2(C)[C@H]3CC[C@@H]4[C@@]5(COC[C@@]4(C)[C@@H](OC[C@](C)(N)C(C)(C)C)[C@H](n4ncnc4[C@@H]4CCCN4)C5)C3=CCC2(C)C1C(=O)O. The van der Waals surface area contributed by atoms with E-state index in [1.54, 1.807) is 11.9 Å². The molecule has 13 atom stereocenters. The zero-order valence-corrected chi connectivity index (χ0v) is 34.3. The Morgan fingerprint density at radius 1 is 1.10 bits per heavy atom. The van der Waals surface area contributed by atoms with Gasteiger partial charge >= 0.3 is 5.97 Å². The van der Waals surface area contributed by atoms with E-state index in [2.05, 4.69) is 92.2 Å². The molecule has 1 aromatic heterocycles. The van der Waals surface area contributed by atoms with Gasteiger partial charge in [0.25, 0.3) is 0 Å². The van der Waals surface area contributed by atoms with E-state index in [1.165, 1.54) is 0 Å². The van der Waals surface area contributed by atoms with Crippen molar-refractivity contribution in [3.8, 4) is 0 Å². The fourth-order valence-corrected chi connectivity index (χ4v) is 13.3. The monoisotopic (exact) mass is 722 g/mol. The smallest absolute Gasteiger partial charge is 0.307 e. The number of aliphatic carboxylic acids is 1. The van der Waals surface area contributed by atoms with E-state index in [0.29, 0.717) is 43.5 Å². The molecule has 5 fully saturated rings. The van der Waals surface area contributed by atoms with Gasteiger partial charge in [0.15, 0.2) is 0 Å². The first-order valence-corrected chi connectivity index (χ1v) is 20.7. The lowest BCUT2D eigenvalue weighted by Gasteiger charge is -2.71. The molecule has 2 bridgehead atoms. The molecule has 1 aromatic rings. The molecule has 9 heteroatoms. The van der Waals surface area contributed by atoms with Gasteiger partial charge in [-0.3, -0.25) is 4.79 Å². The van der Waals surface area contributed by atoms with E-state index in [4.69, 9.17) is 25.3 Å². The zero-order valence-electron chi connectivity index (χ0n) is 34.3. The van der Waals surface area contributed by atoms with Crippen LogP contribution in [-0.4, -0.2) is 63.8 Å². The summed E-state index contributed by atoms with van der Waals surface area (Å²) in [5, 5.41) is 19.9. The predicted octanol–water partition coefficient (Wildman–Crippen LogP) is 7.98. The minimum absolute atomic E-state index is 0.0325. The van der Waals surface area contributed by atoms with E-state index in [-0.39, 0.29) is 50.7 Å². The van der Waals surface area contributed by atoms with Gasteiger partial charge in [-0.1, -0.05) is 80.9 Å².